The Morgan fingerprint density at radius 2 is 1.74 bits per heavy atom. The van der Waals surface area contributed by atoms with Crippen LogP contribution in [-0.4, -0.2) is 47.8 Å². The van der Waals surface area contributed by atoms with Crippen molar-refractivity contribution in [3.63, 3.8) is 0 Å². The number of nitrogens with zero attached hydrogens (tertiary/aromatic N) is 2. The number of carbonyl (C=O) groups excluding carboxylic acids is 4. The molecule has 2 aliphatic heterocycles. The Labute approximate surface area is 180 Å². The van der Waals surface area contributed by atoms with Gasteiger partial charge in [0, 0.05) is 19.2 Å². The fourth-order valence-electron chi connectivity index (χ4n) is 4.33. The van der Waals surface area contributed by atoms with Gasteiger partial charge in [0.25, 0.3) is 5.91 Å². The monoisotopic (exact) mass is 420 g/mol. The highest BCUT2D eigenvalue weighted by Crippen LogP contribution is 2.43. The van der Waals surface area contributed by atoms with Crippen LogP contribution in [-0.2, 0) is 20.8 Å². The molecule has 0 aromatic heterocycles. The molecule has 0 spiro atoms. The van der Waals surface area contributed by atoms with Gasteiger partial charge in [-0.3, -0.25) is 24.1 Å². The maximum absolute atomic E-state index is 13.3. The summed E-state index contributed by atoms with van der Waals surface area (Å²) in [5, 5.41) is 5.39. The summed E-state index contributed by atoms with van der Waals surface area (Å²) in [5.74, 6) is -0.906. The van der Waals surface area contributed by atoms with E-state index in [1.807, 2.05) is 6.92 Å². The smallest absolute Gasteiger partial charge is 0.258 e. The van der Waals surface area contributed by atoms with Crippen LogP contribution in [0.4, 0.5) is 11.4 Å². The van der Waals surface area contributed by atoms with Gasteiger partial charge in [0.15, 0.2) is 0 Å². The average molecular weight is 420 g/mol. The highest BCUT2D eigenvalue weighted by Gasteiger charge is 2.53. The molecule has 4 amide bonds. The van der Waals surface area contributed by atoms with Crippen LogP contribution in [0.1, 0.15) is 35.7 Å². The third kappa shape index (κ3) is 3.54. The van der Waals surface area contributed by atoms with E-state index in [0.29, 0.717) is 35.3 Å². The lowest BCUT2D eigenvalue weighted by molar-refractivity contribution is -0.120. The summed E-state index contributed by atoms with van der Waals surface area (Å²) in [6.45, 7) is 1.61. The first-order chi connectivity index (χ1) is 14.8. The van der Waals surface area contributed by atoms with Gasteiger partial charge in [-0.15, -0.1) is 0 Å². The maximum atomic E-state index is 13.3. The van der Waals surface area contributed by atoms with Gasteiger partial charge in [-0.2, -0.15) is 0 Å². The van der Waals surface area contributed by atoms with Crippen molar-refractivity contribution in [2.45, 2.75) is 31.8 Å². The van der Waals surface area contributed by atoms with Crippen molar-refractivity contribution >= 4 is 35.0 Å². The molecular formula is C23H24N4O4. The van der Waals surface area contributed by atoms with Crippen molar-refractivity contribution in [1.29, 1.82) is 0 Å². The summed E-state index contributed by atoms with van der Waals surface area (Å²) >= 11 is 0. The molecule has 0 radical (unpaired) electrons. The summed E-state index contributed by atoms with van der Waals surface area (Å²) in [6.07, 6.45) is 0.889. The molecule has 2 aliphatic rings. The van der Waals surface area contributed by atoms with Crippen molar-refractivity contribution in [2.75, 3.05) is 23.8 Å². The van der Waals surface area contributed by atoms with Crippen LogP contribution in [0.15, 0.2) is 48.5 Å². The maximum Gasteiger partial charge on any atom is 0.258 e. The summed E-state index contributed by atoms with van der Waals surface area (Å²) in [6, 6.07) is 14.0. The zero-order chi connectivity index (χ0) is 22.2. The van der Waals surface area contributed by atoms with E-state index in [2.05, 4.69) is 10.6 Å². The second kappa shape index (κ2) is 7.86. The number of nitrogens with one attached hydrogen (secondary N) is 2. The number of para-hydroxylation sites is 2. The fourth-order valence-corrected chi connectivity index (χ4v) is 4.33. The highest BCUT2D eigenvalue weighted by molar-refractivity contribution is 6.11. The number of hydrogen-bond donors (Lipinski definition) is 2. The molecule has 4 rings (SSSR count). The number of benzene rings is 2. The standard InChI is InChI=1S/C23H24N4O4/c1-23-12-11-21(30)27(23)18-10-6-4-8-16(18)22(31)26(23)14-20(29)25-17-9-5-3-7-15(17)13-19(28)24-2/h3-10H,11-14H2,1-2H3,(H,24,28)(H,25,29). The molecule has 8 heteroatoms. The lowest BCUT2D eigenvalue weighted by Crippen LogP contribution is -2.63. The molecule has 0 aliphatic carbocycles. The molecule has 2 aromatic rings. The van der Waals surface area contributed by atoms with E-state index in [4.69, 9.17) is 0 Å². The normalized spacial score (nSPS) is 19.7. The molecule has 31 heavy (non-hydrogen) atoms. The number of anilines is 2. The summed E-state index contributed by atoms with van der Waals surface area (Å²) in [4.78, 5) is 53.7. The molecule has 0 saturated carbocycles. The number of rotatable bonds is 5. The van der Waals surface area contributed by atoms with E-state index < -0.39 is 11.6 Å². The van der Waals surface area contributed by atoms with Crippen molar-refractivity contribution in [1.82, 2.24) is 10.2 Å². The number of carbonyl (C=O) groups is 4. The first kappa shape index (κ1) is 20.6. The van der Waals surface area contributed by atoms with Crippen molar-refractivity contribution in [2.24, 2.45) is 0 Å². The second-order valence-electron chi connectivity index (χ2n) is 7.91. The van der Waals surface area contributed by atoms with E-state index in [1.54, 1.807) is 60.5 Å². The van der Waals surface area contributed by atoms with Gasteiger partial charge in [-0.1, -0.05) is 30.3 Å². The molecule has 2 N–H and O–H groups in total. The van der Waals surface area contributed by atoms with Crippen LogP contribution in [0.5, 0.6) is 0 Å². The second-order valence-corrected chi connectivity index (χ2v) is 7.91. The van der Waals surface area contributed by atoms with Crippen molar-refractivity contribution < 1.29 is 19.2 Å². The predicted octanol–water partition coefficient (Wildman–Crippen LogP) is 1.91. The van der Waals surface area contributed by atoms with Gasteiger partial charge in [0.1, 0.15) is 12.2 Å². The van der Waals surface area contributed by atoms with Crippen LogP contribution in [0, 0.1) is 0 Å². The first-order valence-corrected chi connectivity index (χ1v) is 10.2. The quantitative estimate of drug-likeness (QED) is 0.772. The van der Waals surface area contributed by atoms with Crippen LogP contribution < -0.4 is 15.5 Å². The number of hydrogen-bond acceptors (Lipinski definition) is 4. The predicted molar refractivity (Wildman–Crippen MR) is 115 cm³/mol. The van der Waals surface area contributed by atoms with Crippen LogP contribution in [0.25, 0.3) is 0 Å². The van der Waals surface area contributed by atoms with Gasteiger partial charge < -0.3 is 15.5 Å². The van der Waals surface area contributed by atoms with Crippen LogP contribution >= 0.6 is 0 Å². The van der Waals surface area contributed by atoms with Gasteiger partial charge >= 0.3 is 0 Å². The van der Waals surface area contributed by atoms with E-state index in [-0.39, 0.29) is 30.7 Å². The summed E-state index contributed by atoms with van der Waals surface area (Å²) < 4.78 is 0. The third-order valence-electron chi connectivity index (χ3n) is 5.97. The highest BCUT2D eigenvalue weighted by atomic mass is 16.2. The van der Waals surface area contributed by atoms with E-state index in [0.717, 1.165) is 0 Å². The van der Waals surface area contributed by atoms with E-state index in [1.165, 1.54) is 4.90 Å². The van der Waals surface area contributed by atoms with Gasteiger partial charge in [0.05, 0.1) is 17.7 Å². The van der Waals surface area contributed by atoms with Gasteiger partial charge in [-0.05, 0) is 37.1 Å². The number of likely N-dealkylation sites (N-methyl/N-ethyl adjacent to an activating group) is 1. The molecule has 8 nitrogen and oxygen atoms in total. The average Bonchev–Trinajstić information content (AvgIpc) is 3.08. The van der Waals surface area contributed by atoms with Gasteiger partial charge in [-0.25, -0.2) is 0 Å². The molecule has 1 saturated heterocycles. The minimum Gasteiger partial charge on any atom is -0.359 e. The Balaban J connectivity index is 1.60. The Kier molecular flexibility index (Phi) is 5.22. The SMILES string of the molecule is CNC(=O)Cc1ccccc1NC(=O)CN1C(=O)c2ccccc2N2C(=O)CCC12C. The zero-order valence-corrected chi connectivity index (χ0v) is 17.5. The van der Waals surface area contributed by atoms with E-state index >= 15 is 0 Å². The van der Waals surface area contributed by atoms with Crippen LogP contribution in [0.3, 0.4) is 0 Å². The Morgan fingerprint density at radius 3 is 2.52 bits per heavy atom. The molecule has 1 fully saturated rings. The third-order valence-corrected chi connectivity index (χ3v) is 5.97. The van der Waals surface area contributed by atoms with E-state index in [9.17, 15) is 19.2 Å². The number of amides is 4. The molecule has 2 heterocycles. The largest absolute Gasteiger partial charge is 0.359 e. The molecule has 1 atom stereocenters. The van der Waals surface area contributed by atoms with Gasteiger partial charge in [0.2, 0.25) is 17.7 Å². The van der Waals surface area contributed by atoms with Crippen molar-refractivity contribution in [3.05, 3.63) is 59.7 Å². The zero-order valence-electron chi connectivity index (χ0n) is 17.5. The minimum atomic E-state index is -0.901. The molecule has 0 bridgehead atoms. The molecular weight excluding hydrogens is 396 g/mol. The minimum absolute atomic E-state index is 0.0659. The first-order valence-electron chi connectivity index (χ1n) is 10.2. The summed E-state index contributed by atoms with van der Waals surface area (Å²) in [7, 11) is 1.55. The van der Waals surface area contributed by atoms with Crippen LogP contribution in [0.2, 0.25) is 0 Å². The Hall–Kier alpha value is -3.68. The lowest BCUT2D eigenvalue weighted by atomic mass is 9.98. The molecule has 2 aromatic carbocycles. The Bertz CT molecular complexity index is 1080. The number of fused-ring (bicyclic) bond motifs is 3. The Morgan fingerprint density at radius 1 is 1.03 bits per heavy atom. The fraction of sp³-hybridized carbons (Fsp3) is 0.304. The topological polar surface area (TPSA) is 98.8 Å². The summed E-state index contributed by atoms with van der Waals surface area (Å²) in [5.41, 5.74) is 1.29. The molecule has 160 valence electrons. The van der Waals surface area contributed by atoms with Crippen molar-refractivity contribution in [3.8, 4) is 0 Å². The molecule has 1 unspecified atom stereocenters. The lowest BCUT2D eigenvalue weighted by Gasteiger charge is -2.48.